The van der Waals surface area contributed by atoms with E-state index < -0.39 is 0 Å². The molecule has 0 saturated carbocycles. The van der Waals surface area contributed by atoms with Crippen molar-refractivity contribution in [1.82, 2.24) is 5.32 Å². The maximum atomic E-state index is 5.49. The molecule has 1 atom stereocenters. The summed E-state index contributed by atoms with van der Waals surface area (Å²) < 4.78 is 6.69. The number of halogens is 1. The Morgan fingerprint density at radius 1 is 1.35 bits per heavy atom. The zero-order valence-electron chi connectivity index (χ0n) is 12.1. The van der Waals surface area contributed by atoms with Crippen molar-refractivity contribution < 1.29 is 4.74 Å². The number of nitrogens with one attached hydrogen (secondary N) is 1. The number of rotatable bonds is 7. The quantitative estimate of drug-likeness (QED) is 0.733. The van der Waals surface area contributed by atoms with Crippen LogP contribution < -0.4 is 5.32 Å². The fourth-order valence-electron chi connectivity index (χ4n) is 2.55. The second-order valence-electron chi connectivity index (χ2n) is 5.25. The molecule has 0 radical (unpaired) electrons. The van der Waals surface area contributed by atoms with E-state index in [1.807, 2.05) is 11.8 Å². The molecule has 1 heterocycles. The van der Waals surface area contributed by atoms with E-state index in [1.54, 1.807) is 0 Å². The Bertz CT molecular complexity index is 396. The van der Waals surface area contributed by atoms with Crippen molar-refractivity contribution in [1.29, 1.82) is 0 Å². The van der Waals surface area contributed by atoms with E-state index >= 15 is 0 Å². The molecule has 20 heavy (non-hydrogen) atoms. The second-order valence-corrected chi connectivity index (χ2v) is 7.17. The predicted octanol–water partition coefficient (Wildman–Crippen LogP) is 4.34. The molecule has 112 valence electrons. The smallest absolute Gasteiger partial charge is 0.0469 e. The van der Waals surface area contributed by atoms with Crippen molar-refractivity contribution >= 4 is 27.7 Å². The Morgan fingerprint density at radius 3 is 2.80 bits per heavy atom. The highest BCUT2D eigenvalue weighted by molar-refractivity contribution is 9.10. The molecule has 1 saturated heterocycles. The minimum absolute atomic E-state index is 0.593. The third-order valence-electron chi connectivity index (χ3n) is 3.75. The Kier molecular flexibility index (Phi) is 7.42. The van der Waals surface area contributed by atoms with Gasteiger partial charge in [-0.3, -0.25) is 0 Å². The van der Waals surface area contributed by atoms with Crippen LogP contribution in [0.25, 0.3) is 0 Å². The number of ether oxygens (including phenoxy) is 1. The van der Waals surface area contributed by atoms with Gasteiger partial charge < -0.3 is 10.1 Å². The molecule has 1 unspecified atom stereocenters. The maximum absolute atomic E-state index is 5.49. The van der Waals surface area contributed by atoms with Crippen LogP contribution >= 0.6 is 27.7 Å². The Hall–Kier alpha value is -0.0300. The molecule has 1 N–H and O–H groups in total. The van der Waals surface area contributed by atoms with E-state index in [2.05, 4.69) is 52.4 Å². The zero-order valence-corrected chi connectivity index (χ0v) is 14.5. The summed E-state index contributed by atoms with van der Waals surface area (Å²) in [5, 5.41) is 3.74. The monoisotopic (exact) mass is 357 g/mol. The molecule has 2 rings (SSSR count). The molecule has 1 aromatic rings. The van der Waals surface area contributed by atoms with Crippen molar-refractivity contribution in [2.75, 3.05) is 25.5 Å². The summed E-state index contributed by atoms with van der Waals surface area (Å²) in [4.78, 5) is 1.34. The third-order valence-corrected chi connectivity index (χ3v) is 5.89. The Balaban J connectivity index is 1.91. The molecule has 0 bridgehead atoms. The van der Waals surface area contributed by atoms with Crippen LogP contribution in [0.5, 0.6) is 0 Å². The number of thioether (sulfide) groups is 1. The normalized spacial score (nSPS) is 18.1. The summed E-state index contributed by atoms with van der Waals surface area (Å²) in [5.41, 5.74) is 0. The standard InChI is InChI=1S/C16H24BrNOS/c1-2-9-18-15(13-7-10-19-11-8-13)12-20-16-6-4-3-5-14(16)17/h3-6,13,15,18H,2,7-12H2,1H3. The average molecular weight is 358 g/mol. The van der Waals surface area contributed by atoms with E-state index in [4.69, 9.17) is 4.74 Å². The fourth-order valence-corrected chi connectivity index (χ4v) is 4.31. The van der Waals surface area contributed by atoms with Gasteiger partial charge in [-0.1, -0.05) is 19.1 Å². The third kappa shape index (κ3) is 5.06. The van der Waals surface area contributed by atoms with E-state index in [0.717, 1.165) is 31.4 Å². The van der Waals surface area contributed by atoms with Crippen molar-refractivity contribution in [2.45, 2.75) is 37.1 Å². The highest BCUT2D eigenvalue weighted by Crippen LogP contribution is 2.30. The first-order chi connectivity index (χ1) is 9.81. The molecule has 1 aliphatic heterocycles. The van der Waals surface area contributed by atoms with Crippen LogP contribution in [-0.4, -0.2) is 31.6 Å². The van der Waals surface area contributed by atoms with Gasteiger partial charge in [0.15, 0.2) is 0 Å². The van der Waals surface area contributed by atoms with Gasteiger partial charge in [0.2, 0.25) is 0 Å². The summed E-state index contributed by atoms with van der Waals surface area (Å²) >= 11 is 5.58. The van der Waals surface area contributed by atoms with E-state index in [-0.39, 0.29) is 0 Å². The molecule has 0 spiro atoms. The minimum Gasteiger partial charge on any atom is -0.381 e. The van der Waals surface area contributed by atoms with Crippen LogP contribution in [0.4, 0.5) is 0 Å². The molecule has 4 heteroatoms. The lowest BCUT2D eigenvalue weighted by Crippen LogP contribution is -2.41. The largest absolute Gasteiger partial charge is 0.381 e. The lowest BCUT2D eigenvalue weighted by atomic mass is 9.93. The first-order valence-corrected chi connectivity index (χ1v) is 9.27. The highest BCUT2D eigenvalue weighted by Gasteiger charge is 2.23. The molecule has 0 aromatic heterocycles. The summed E-state index contributed by atoms with van der Waals surface area (Å²) in [5.74, 6) is 1.89. The van der Waals surface area contributed by atoms with Crippen molar-refractivity contribution in [2.24, 2.45) is 5.92 Å². The van der Waals surface area contributed by atoms with Gasteiger partial charge in [-0.2, -0.15) is 0 Å². The van der Waals surface area contributed by atoms with Crippen LogP contribution in [0.15, 0.2) is 33.6 Å². The van der Waals surface area contributed by atoms with Gasteiger partial charge in [0.25, 0.3) is 0 Å². The van der Waals surface area contributed by atoms with Gasteiger partial charge in [-0.15, -0.1) is 11.8 Å². The molecule has 1 fully saturated rings. The van der Waals surface area contributed by atoms with Crippen molar-refractivity contribution in [3.63, 3.8) is 0 Å². The average Bonchev–Trinajstić information content (AvgIpc) is 2.50. The maximum Gasteiger partial charge on any atom is 0.0469 e. The summed E-state index contributed by atoms with van der Waals surface area (Å²) in [6.07, 6.45) is 3.58. The lowest BCUT2D eigenvalue weighted by molar-refractivity contribution is 0.0566. The van der Waals surface area contributed by atoms with Gasteiger partial charge in [0, 0.05) is 34.4 Å². The van der Waals surface area contributed by atoms with Gasteiger partial charge in [0.05, 0.1) is 0 Å². The fraction of sp³-hybridized carbons (Fsp3) is 0.625. The molecule has 2 nitrogen and oxygen atoms in total. The molecule has 0 amide bonds. The van der Waals surface area contributed by atoms with E-state index in [9.17, 15) is 0 Å². The highest BCUT2D eigenvalue weighted by atomic mass is 79.9. The number of hydrogen-bond donors (Lipinski definition) is 1. The van der Waals surface area contributed by atoms with E-state index in [1.165, 1.54) is 28.6 Å². The molecule has 0 aliphatic carbocycles. The predicted molar refractivity (Wildman–Crippen MR) is 90.5 cm³/mol. The lowest BCUT2D eigenvalue weighted by Gasteiger charge is -2.31. The Morgan fingerprint density at radius 2 is 2.10 bits per heavy atom. The minimum atomic E-state index is 0.593. The zero-order chi connectivity index (χ0) is 14.2. The Labute approximate surface area is 135 Å². The van der Waals surface area contributed by atoms with Crippen LogP contribution in [0, 0.1) is 5.92 Å². The van der Waals surface area contributed by atoms with Crippen molar-refractivity contribution in [3.8, 4) is 0 Å². The number of hydrogen-bond acceptors (Lipinski definition) is 3. The first-order valence-electron chi connectivity index (χ1n) is 7.49. The van der Waals surface area contributed by atoms with Crippen LogP contribution in [0.2, 0.25) is 0 Å². The van der Waals surface area contributed by atoms with Gasteiger partial charge in [-0.25, -0.2) is 0 Å². The van der Waals surface area contributed by atoms with Crippen molar-refractivity contribution in [3.05, 3.63) is 28.7 Å². The number of benzene rings is 1. The van der Waals surface area contributed by atoms with E-state index in [0.29, 0.717) is 6.04 Å². The summed E-state index contributed by atoms with van der Waals surface area (Å²) in [7, 11) is 0. The summed E-state index contributed by atoms with van der Waals surface area (Å²) in [6, 6.07) is 9.08. The van der Waals surface area contributed by atoms with Gasteiger partial charge in [0.1, 0.15) is 0 Å². The van der Waals surface area contributed by atoms with Crippen LogP contribution in [-0.2, 0) is 4.74 Å². The van der Waals surface area contributed by atoms with Gasteiger partial charge in [-0.05, 0) is 59.8 Å². The first kappa shape index (κ1) is 16.3. The SMILES string of the molecule is CCCNC(CSc1ccccc1Br)C1CCOCC1. The summed E-state index contributed by atoms with van der Waals surface area (Å²) in [6.45, 7) is 5.19. The molecule has 1 aliphatic rings. The van der Waals surface area contributed by atoms with Crippen LogP contribution in [0.1, 0.15) is 26.2 Å². The van der Waals surface area contributed by atoms with Crippen LogP contribution in [0.3, 0.4) is 0 Å². The molecule has 1 aromatic carbocycles. The molecular formula is C16H24BrNOS. The topological polar surface area (TPSA) is 21.3 Å². The molecular weight excluding hydrogens is 334 g/mol. The second kappa shape index (κ2) is 9.08. The van der Waals surface area contributed by atoms with Gasteiger partial charge >= 0.3 is 0 Å².